The van der Waals surface area contributed by atoms with Crippen LogP contribution in [0, 0.1) is 17.8 Å². The zero-order chi connectivity index (χ0) is 17.5. The number of halogens is 1. The van der Waals surface area contributed by atoms with Crippen LogP contribution < -0.4 is 10.6 Å². The van der Waals surface area contributed by atoms with Crippen molar-refractivity contribution in [3.8, 4) is 0 Å². The van der Waals surface area contributed by atoms with Gasteiger partial charge in [-0.15, -0.1) is 24.0 Å². The summed E-state index contributed by atoms with van der Waals surface area (Å²) in [6, 6.07) is 0.323. The van der Waals surface area contributed by atoms with Gasteiger partial charge < -0.3 is 15.5 Å². The van der Waals surface area contributed by atoms with Gasteiger partial charge in [0, 0.05) is 39.1 Å². The maximum Gasteiger partial charge on any atom is 0.222 e. The number of guanidine groups is 1. The maximum absolute atomic E-state index is 11.8. The highest BCUT2D eigenvalue weighted by molar-refractivity contribution is 14.0. The molecule has 25 heavy (non-hydrogen) atoms. The first-order chi connectivity index (χ1) is 11.5. The van der Waals surface area contributed by atoms with E-state index in [1.807, 2.05) is 18.9 Å². The van der Waals surface area contributed by atoms with Crippen molar-refractivity contribution in [3.63, 3.8) is 0 Å². The van der Waals surface area contributed by atoms with E-state index >= 15 is 0 Å². The molecule has 1 amide bonds. The van der Waals surface area contributed by atoms with Crippen LogP contribution in [-0.2, 0) is 4.79 Å². The largest absolute Gasteiger partial charge is 0.356 e. The predicted molar refractivity (Wildman–Crippen MR) is 115 cm³/mol. The molecule has 0 aromatic heterocycles. The van der Waals surface area contributed by atoms with Crippen LogP contribution >= 0.6 is 24.0 Å². The molecule has 0 radical (unpaired) electrons. The van der Waals surface area contributed by atoms with Crippen LogP contribution in [0.25, 0.3) is 0 Å². The van der Waals surface area contributed by atoms with Gasteiger partial charge in [0.1, 0.15) is 0 Å². The first-order valence-corrected chi connectivity index (χ1v) is 9.78. The van der Waals surface area contributed by atoms with Crippen molar-refractivity contribution in [2.45, 2.75) is 65.3 Å². The van der Waals surface area contributed by atoms with Gasteiger partial charge in [0.2, 0.25) is 5.91 Å². The Bertz CT molecular complexity index is 433. The molecule has 0 spiro atoms. The molecule has 1 atom stereocenters. The van der Waals surface area contributed by atoms with E-state index in [-0.39, 0.29) is 29.9 Å². The van der Waals surface area contributed by atoms with Gasteiger partial charge in [-0.05, 0) is 49.9 Å². The van der Waals surface area contributed by atoms with Gasteiger partial charge in [0.05, 0.1) is 0 Å². The van der Waals surface area contributed by atoms with Crippen LogP contribution in [0.4, 0.5) is 0 Å². The summed E-state index contributed by atoms with van der Waals surface area (Å²) in [6.45, 7) is 9.30. The van der Waals surface area contributed by atoms with Gasteiger partial charge in [-0.1, -0.05) is 20.8 Å². The fourth-order valence-corrected chi connectivity index (χ4v) is 4.02. The number of carbonyl (C=O) groups excluding carboxylic acids is 1. The first kappa shape index (κ1) is 22.5. The van der Waals surface area contributed by atoms with E-state index in [1.54, 1.807) is 0 Å². The lowest BCUT2D eigenvalue weighted by Gasteiger charge is -2.31. The van der Waals surface area contributed by atoms with Crippen molar-refractivity contribution < 1.29 is 4.79 Å². The second-order valence-corrected chi connectivity index (χ2v) is 7.80. The highest BCUT2D eigenvalue weighted by atomic mass is 127. The second kappa shape index (κ2) is 11.2. The predicted octanol–water partition coefficient (Wildman–Crippen LogP) is 3.24. The normalized spacial score (nSPS) is 27.2. The number of carbonyl (C=O) groups is 1. The molecular weight excluding hydrogens is 427 g/mol. The van der Waals surface area contributed by atoms with E-state index < -0.39 is 0 Å². The fourth-order valence-electron chi connectivity index (χ4n) is 4.02. The zero-order valence-electron chi connectivity index (χ0n) is 16.4. The van der Waals surface area contributed by atoms with Gasteiger partial charge in [-0.25, -0.2) is 0 Å². The summed E-state index contributed by atoms with van der Waals surface area (Å²) >= 11 is 0. The Kier molecular flexibility index (Phi) is 10.1. The maximum atomic E-state index is 11.8. The summed E-state index contributed by atoms with van der Waals surface area (Å²) in [5.74, 6) is 3.64. The Morgan fingerprint density at radius 3 is 2.44 bits per heavy atom. The van der Waals surface area contributed by atoms with Crippen LogP contribution in [0.15, 0.2) is 4.99 Å². The Morgan fingerprint density at radius 2 is 1.88 bits per heavy atom. The summed E-state index contributed by atoms with van der Waals surface area (Å²) in [4.78, 5) is 18.1. The van der Waals surface area contributed by atoms with E-state index in [2.05, 4.69) is 29.5 Å². The standard InChI is InChI=1S/C19H36N4O.HI/c1-5-18(24)23-11-10-17(13-23)22-19(20-4)21-12-15-6-8-16(9-7-15)14(2)3;/h14-17H,5-13H2,1-4H3,(H2,20,21,22);1H. The molecule has 0 aromatic carbocycles. The number of likely N-dealkylation sites (tertiary alicyclic amines) is 1. The van der Waals surface area contributed by atoms with Crippen LogP contribution in [0.2, 0.25) is 0 Å². The number of nitrogens with one attached hydrogen (secondary N) is 2. The molecule has 2 rings (SSSR count). The number of hydrogen-bond acceptors (Lipinski definition) is 2. The lowest BCUT2D eigenvalue weighted by molar-refractivity contribution is -0.129. The molecule has 146 valence electrons. The Labute approximate surface area is 170 Å². The number of nitrogens with zero attached hydrogens (tertiary/aromatic N) is 2. The summed E-state index contributed by atoms with van der Waals surface area (Å²) in [5.41, 5.74) is 0. The number of aliphatic imine (C=N–C) groups is 1. The molecule has 2 fully saturated rings. The van der Waals surface area contributed by atoms with Crippen molar-refractivity contribution in [1.82, 2.24) is 15.5 Å². The molecule has 2 aliphatic rings. The second-order valence-electron chi connectivity index (χ2n) is 7.80. The quantitative estimate of drug-likeness (QED) is 0.373. The molecule has 1 unspecified atom stereocenters. The summed E-state index contributed by atoms with van der Waals surface area (Å²) in [7, 11) is 1.83. The molecule has 2 N–H and O–H groups in total. The van der Waals surface area contributed by atoms with Crippen LogP contribution in [0.1, 0.15) is 59.3 Å². The zero-order valence-corrected chi connectivity index (χ0v) is 18.7. The molecular formula is C19H37IN4O. The average Bonchev–Trinajstić information content (AvgIpc) is 3.06. The van der Waals surface area contributed by atoms with Crippen molar-refractivity contribution in [2.75, 3.05) is 26.7 Å². The average molecular weight is 464 g/mol. The molecule has 6 heteroatoms. The highest BCUT2D eigenvalue weighted by Gasteiger charge is 2.26. The number of rotatable bonds is 5. The van der Waals surface area contributed by atoms with Crippen molar-refractivity contribution in [3.05, 3.63) is 0 Å². The van der Waals surface area contributed by atoms with Crippen LogP contribution in [-0.4, -0.2) is 49.5 Å². The topological polar surface area (TPSA) is 56.7 Å². The SMILES string of the molecule is CCC(=O)N1CCC(NC(=NC)NCC2CCC(C(C)C)CC2)C1.I. The van der Waals surface area contributed by atoms with E-state index in [4.69, 9.17) is 0 Å². The van der Waals surface area contributed by atoms with Crippen molar-refractivity contribution in [2.24, 2.45) is 22.7 Å². The van der Waals surface area contributed by atoms with E-state index in [0.717, 1.165) is 49.8 Å². The van der Waals surface area contributed by atoms with Crippen LogP contribution in [0.3, 0.4) is 0 Å². The molecule has 1 aliphatic carbocycles. The van der Waals surface area contributed by atoms with E-state index in [0.29, 0.717) is 12.5 Å². The van der Waals surface area contributed by atoms with Crippen LogP contribution in [0.5, 0.6) is 0 Å². The first-order valence-electron chi connectivity index (χ1n) is 9.78. The lowest BCUT2D eigenvalue weighted by atomic mass is 9.77. The van der Waals surface area contributed by atoms with Gasteiger partial charge >= 0.3 is 0 Å². The lowest BCUT2D eigenvalue weighted by Crippen LogP contribution is -2.46. The third-order valence-electron chi connectivity index (χ3n) is 5.80. The number of amides is 1. The molecule has 1 saturated carbocycles. The summed E-state index contributed by atoms with van der Waals surface area (Å²) in [6.07, 6.45) is 6.99. The molecule has 1 saturated heterocycles. The molecule has 1 heterocycles. The van der Waals surface area contributed by atoms with Gasteiger partial charge in [-0.3, -0.25) is 9.79 Å². The third kappa shape index (κ3) is 6.94. The smallest absolute Gasteiger partial charge is 0.222 e. The minimum atomic E-state index is 0. The Balaban J connectivity index is 0.00000312. The van der Waals surface area contributed by atoms with E-state index in [1.165, 1.54) is 25.7 Å². The molecule has 0 aromatic rings. The fraction of sp³-hybridized carbons (Fsp3) is 0.895. The molecule has 5 nitrogen and oxygen atoms in total. The van der Waals surface area contributed by atoms with Gasteiger partial charge in [0.15, 0.2) is 5.96 Å². The minimum absolute atomic E-state index is 0. The Hall–Kier alpha value is -0.530. The molecule has 0 bridgehead atoms. The highest BCUT2D eigenvalue weighted by Crippen LogP contribution is 2.32. The molecule has 1 aliphatic heterocycles. The van der Waals surface area contributed by atoms with Crippen molar-refractivity contribution in [1.29, 1.82) is 0 Å². The van der Waals surface area contributed by atoms with Gasteiger partial charge in [0.25, 0.3) is 0 Å². The monoisotopic (exact) mass is 464 g/mol. The number of hydrogen-bond donors (Lipinski definition) is 2. The summed E-state index contributed by atoms with van der Waals surface area (Å²) < 4.78 is 0. The summed E-state index contributed by atoms with van der Waals surface area (Å²) in [5, 5.41) is 6.99. The van der Waals surface area contributed by atoms with Crippen molar-refractivity contribution >= 4 is 35.8 Å². The third-order valence-corrected chi connectivity index (χ3v) is 5.80. The van der Waals surface area contributed by atoms with E-state index in [9.17, 15) is 4.79 Å². The van der Waals surface area contributed by atoms with Gasteiger partial charge in [-0.2, -0.15) is 0 Å². The minimum Gasteiger partial charge on any atom is -0.356 e. The Morgan fingerprint density at radius 1 is 1.20 bits per heavy atom.